The zero-order valence-corrected chi connectivity index (χ0v) is 43.4. The summed E-state index contributed by atoms with van der Waals surface area (Å²) in [6.07, 6.45) is -19.5. The molecule has 2 aromatic heterocycles. The largest absolute Gasteiger partial charge is 0.494 e. The fourth-order valence-electron chi connectivity index (χ4n) is 6.30. The van der Waals surface area contributed by atoms with Crippen LogP contribution in [0.1, 0.15) is 52.6 Å². The Morgan fingerprint density at radius 1 is 0.519 bits per heavy atom. The molecule has 0 unspecified atom stereocenters. The van der Waals surface area contributed by atoms with Gasteiger partial charge in [0.2, 0.25) is 0 Å². The van der Waals surface area contributed by atoms with Crippen LogP contribution in [0.4, 0.5) is 84.2 Å². The van der Waals surface area contributed by atoms with Gasteiger partial charge in [-0.25, -0.2) is 8.78 Å². The normalized spacial score (nSPS) is 12.0. The number of aromatic nitrogens is 2. The molecule has 3 amide bonds. The third-order valence-electron chi connectivity index (χ3n) is 9.98. The number of alkyl halides is 14. The van der Waals surface area contributed by atoms with Gasteiger partial charge in [0.05, 0.1) is 58.1 Å². The first-order chi connectivity index (χ1) is 35.6. The van der Waals surface area contributed by atoms with Crippen molar-refractivity contribution >= 4 is 112 Å². The number of hydrogen-bond acceptors (Lipinski definition) is 9. The van der Waals surface area contributed by atoms with Crippen molar-refractivity contribution in [3.63, 3.8) is 0 Å². The molecule has 77 heavy (non-hydrogen) atoms. The van der Waals surface area contributed by atoms with E-state index in [1.807, 2.05) is 0 Å². The summed E-state index contributed by atoms with van der Waals surface area (Å²) in [6, 6.07) is 14.9. The van der Waals surface area contributed by atoms with Crippen molar-refractivity contribution in [2.45, 2.75) is 36.0 Å². The Labute approximate surface area is 455 Å². The second kappa shape index (κ2) is 24.9. The van der Waals surface area contributed by atoms with Gasteiger partial charge in [-0.1, -0.05) is 35.3 Å². The standard InChI is InChI=1S/C23H14BrClF7N3O3.C17H11BrClF7N2O2.C6H4ClNO/c1-38-18-13(3-2-4-16(18)34-19(36)11-5-7-33-8-6-11)20(37)35-17-14(24)9-12(10-15(17)25)21(26,22(27,28)29)23(30,31)32;1-30-13-8(3-2-4-11(13)27)14(29)28-12-9(18)5-7(6-10(12)19)15(20,16(21,22)23)17(24,25)26;7-6(9)5-1-3-8-4-2-5/h2-10H,1H3,(H,34,36)(H,35,37);2-6H,27H2,1H3,(H,28,29);1-4H. The van der Waals surface area contributed by atoms with Crippen LogP contribution in [0.5, 0.6) is 11.5 Å². The van der Waals surface area contributed by atoms with E-state index in [1.54, 1.807) is 12.1 Å². The number of carbonyl (C=O) groups is 4. The van der Waals surface area contributed by atoms with Gasteiger partial charge >= 0.3 is 36.0 Å². The van der Waals surface area contributed by atoms with Crippen molar-refractivity contribution in [3.8, 4) is 11.5 Å². The highest BCUT2D eigenvalue weighted by Crippen LogP contribution is 2.56. The Balaban J connectivity index is 0.000000291. The maximum Gasteiger partial charge on any atom is 0.435 e. The van der Waals surface area contributed by atoms with E-state index in [-0.39, 0.29) is 69.5 Å². The van der Waals surface area contributed by atoms with Crippen LogP contribution >= 0.6 is 66.7 Å². The fraction of sp³-hybridized carbons (Fsp3) is 0.174. The lowest BCUT2D eigenvalue weighted by atomic mass is 9.94. The third-order valence-corrected chi connectivity index (χ3v) is 12.0. The van der Waals surface area contributed by atoms with Gasteiger partial charge in [0.15, 0.2) is 11.5 Å². The zero-order chi connectivity index (χ0) is 58.2. The Morgan fingerprint density at radius 3 is 1.22 bits per heavy atom. The van der Waals surface area contributed by atoms with E-state index < -0.39 is 94.8 Å². The van der Waals surface area contributed by atoms with Crippen LogP contribution in [0.25, 0.3) is 0 Å². The van der Waals surface area contributed by atoms with Gasteiger partial charge in [0, 0.05) is 56.0 Å². The number of nitrogens with zero attached hydrogens (tertiary/aromatic N) is 2. The first-order valence-corrected chi connectivity index (χ1v) is 23.0. The topological polar surface area (TPSA) is 175 Å². The minimum absolute atomic E-state index is 0.0178. The lowest BCUT2D eigenvalue weighted by Gasteiger charge is -2.30. The molecule has 0 bridgehead atoms. The molecule has 4 aromatic carbocycles. The van der Waals surface area contributed by atoms with Gasteiger partial charge in [-0.15, -0.1) is 0 Å². The number of rotatable bonds is 11. The second-order valence-corrected chi connectivity index (χ2v) is 17.7. The van der Waals surface area contributed by atoms with Gasteiger partial charge < -0.3 is 31.2 Å². The van der Waals surface area contributed by atoms with Crippen LogP contribution in [-0.2, 0) is 11.3 Å². The van der Waals surface area contributed by atoms with Crippen molar-refractivity contribution in [2.75, 3.05) is 35.9 Å². The number of pyridine rings is 2. The number of para-hydroxylation sites is 2. The molecule has 2 heterocycles. The Morgan fingerprint density at radius 2 is 0.883 bits per heavy atom. The first kappa shape index (κ1) is 63.0. The highest BCUT2D eigenvalue weighted by molar-refractivity contribution is 9.11. The number of ether oxygens (including phenoxy) is 2. The number of benzene rings is 4. The van der Waals surface area contributed by atoms with Crippen LogP contribution in [-0.4, -0.2) is 71.9 Å². The van der Waals surface area contributed by atoms with Gasteiger partial charge in [0.25, 0.3) is 23.0 Å². The summed E-state index contributed by atoms with van der Waals surface area (Å²) in [5.41, 5.74) is -9.58. The molecule has 31 heteroatoms. The monoisotopic (exact) mass is 1290 g/mol. The number of methoxy groups -OCH3 is 2. The molecule has 0 radical (unpaired) electrons. The average Bonchev–Trinajstić information content (AvgIpc) is 3.34. The van der Waals surface area contributed by atoms with E-state index in [0.29, 0.717) is 5.56 Å². The smallest absolute Gasteiger partial charge is 0.435 e. The molecule has 6 rings (SSSR count). The highest BCUT2D eigenvalue weighted by atomic mass is 79.9. The molecule has 6 aromatic rings. The third kappa shape index (κ3) is 14.2. The highest BCUT2D eigenvalue weighted by Gasteiger charge is 2.74. The number of halogens is 19. The molecule has 5 N–H and O–H groups in total. The molecule has 412 valence electrons. The number of amides is 3. The van der Waals surface area contributed by atoms with Gasteiger partial charge in [-0.05, 0) is 116 Å². The summed E-state index contributed by atoms with van der Waals surface area (Å²) in [5.74, 6) is -2.54. The van der Waals surface area contributed by atoms with Crippen LogP contribution in [0.15, 0.2) is 119 Å². The molecular weight excluding hydrogens is 1260 g/mol. The summed E-state index contributed by atoms with van der Waals surface area (Å²) >= 11 is 22.2. The molecule has 0 saturated carbocycles. The number of hydrogen-bond donors (Lipinski definition) is 4. The molecule has 12 nitrogen and oxygen atoms in total. The Bertz CT molecular complexity index is 3070. The predicted molar refractivity (Wildman–Crippen MR) is 261 cm³/mol. The molecule has 0 aliphatic carbocycles. The predicted octanol–water partition coefficient (Wildman–Crippen LogP) is 15.0. The van der Waals surface area contributed by atoms with Crippen molar-refractivity contribution in [3.05, 3.63) is 162 Å². The van der Waals surface area contributed by atoms with Crippen molar-refractivity contribution < 1.29 is 90.1 Å². The van der Waals surface area contributed by atoms with E-state index >= 15 is 0 Å². The Kier molecular flexibility index (Phi) is 20.4. The summed E-state index contributed by atoms with van der Waals surface area (Å²) in [5, 5.41) is 4.96. The van der Waals surface area contributed by atoms with Crippen LogP contribution in [0.2, 0.25) is 10.0 Å². The minimum atomic E-state index is -6.35. The maximum absolute atomic E-state index is 14.5. The van der Waals surface area contributed by atoms with Gasteiger partial charge in [-0.2, -0.15) is 52.7 Å². The van der Waals surface area contributed by atoms with Crippen LogP contribution in [0.3, 0.4) is 0 Å². The maximum atomic E-state index is 14.5. The second-order valence-electron chi connectivity index (χ2n) is 14.9. The number of anilines is 4. The van der Waals surface area contributed by atoms with E-state index in [4.69, 9.17) is 50.0 Å². The quantitative estimate of drug-likeness (QED) is 0.0559. The lowest BCUT2D eigenvalue weighted by Crippen LogP contribution is -2.50. The number of nitrogens with one attached hydrogen (secondary N) is 3. The molecule has 0 saturated heterocycles. The van der Waals surface area contributed by atoms with E-state index in [2.05, 4.69) is 57.8 Å². The molecular formula is C46H29Br2Cl3F14N6O6. The Hall–Kier alpha value is -6.49. The van der Waals surface area contributed by atoms with Crippen molar-refractivity contribution in [1.29, 1.82) is 0 Å². The number of nitrogen functional groups attached to an aromatic ring is 1. The summed E-state index contributed by atoms with van der Waals surface area (Å²) in [6.45, 7) is 0. The van der Waals surface area contributed by atoms with Crippen molar-refractivity contribution in [1.82, 2.24) is 9.97 Å². The SMILES string of the molecule is COc1c(N)cccc1C(=O)Nc1c(Cl)cc(C(F)(C(F)(F)F)C(F)(F)F)cc1Br.COc1c(NC(=O)c2ccncc2)cccc1C(=O)Nc1c(Cl)cc(C(F)(C(F)(F)F)C(F)(F)F)cc1Br.O=C(Cl)c1ccncc1. The zero-order valence-electron chi connectivity index (χ0n) is 38.0. The van der Waals surface area contributed by atoms with E-state index in [9.17, 15) is 80.6 Å². The molecule has 0 atom stereocenters. The molecule has 0 spiro atoms. The van der Waals surface area contributed by atoms with E-state index in [1.165, 1.54) is 87.5 Å². The van der Waals surface area contributed by atoms with E-state index in [0.717, 1.165) is 0 Å². The summed E-state index contributed by atoms with van der Waals surface area (Å²) in [7, 11) is 2.43. The first-order valence-electron chi connectivity index (χ1n) is 20.2. The van der Waals surface area contributed by atoms with Crippen LogP contribution in [0, 0.1) is 0 Å². The number of carbonyl (C=O) groups excluding carboxylic acids is 4. The van der Waals surface area contributed by atoms with Gasteiger partial charge in [0.1, 0.15) is 0 Å². The average molecular weight is 1290 g/mol. The summed E-state index contributed by atoms with van der Waals surface area (Å²) < 4.78 is 194. The van der Waals surface area contributed by atoms with Gasteiger partial charge in [-0.3, -0.25) is 29.1 Å². The molecule has 0 aliphatic heterocycles. The lowest BCUT2D eigenvalue weighted by molar-refractivity contribution is -0.349. The molecule has 0 fully saturated rings. The fourth-order valence-corrected chi connectivity index (χ4v) is 8.30. The molecule has 0 aliphatic rings. The van der Waals surface area contributed by atoms with Crippen LogP contribution < -0.4 is 31.2 Å². The summed E-state index contributed by atoms with van der Waals surface area (Å²) in [4.78, 5) is 55.9. The number of nitrogens with two attached hydrogens (primary N) is 1. The minimum Gasteiger partial charge on any atom is -0.494 e. The van der Waals surface area contributed by atoms with Crippen molar-refractivity contribution in [2.24, 2.45) is 0 Å².